The van der Waals surface area contributed by atoms with Crippen molar-refractivity contribution in [1.29, 1.82) is 0 Å². The van der Waals surface area contributed by atoms with Gasteiger partial charge in [-0.05, 0) is 35.9 Å². The molecule has 2 atom stereocenters. The highest BCUT2D eigenvalue weighted by molar-refractivity contribution is 6.30. The molecule has 0 N–H and O–H groups in total. The first-order valence-corrected chi connectivity index (χ1v) is 10.5. The highest BCUT2D eigenvalue weighted by atomic mass is 35.5. The molecule has 0 bridgehead atoms. The minimum atomic E-state index is -0.292. The number of benzene rings is 2. The first-order valence-electron chi connectivity index (χ1n) is 10.1. The first kappa shape index (κ1) is 20.7. The molecule has 158 valence electrons. The van der Waals surface area contributed by atoms with Gasteiger partial charge < -0.3 is 19.3 Å². The van der Waals surface area contributed by atoms with E-state index >= 15 is 0 Å². The summed E-state index contributed by atoms with van der Waals surface area (Å²) in [5, 5.41) is 0.521. The van der Waals surface area contributed by atoms with Crippen LogP contribution in [0.5, 0.6) is 5.75 Å². The van der Waals surface area contributed by atoms with Gasteiger partial charge in [-0.3, -0.25) is 9.59 Å². The molecule has 2 amide bonds. The zero-order valence-corrected chi connectivity index (χ0v) is 17.7. The van der Waals surface area contributed by atoms with Gasteiger partial charge in [-0.2, -0.15) is 0 Å². The van der Waals surface area contributed by atoms with E-state index in [4.69, 9.17) is 21.1 Å². The topological polar surface area (TPSA) is 59.1 Å². The number of carbonyl (C=O) groups excluding carboxylic acids is 2. The number of methoxy groups -OCH3 is 1. The molecule has 2 aliphatic rings. The molecule has 7 heteroatoms. The van der Waals surface area contributed by atoms with Crippen LogP contribution in [-0.4, -0.2) is 68.1 Å². The fourth-order valence-electron chi connectivity index (χ4n) is 4.23. The third-order valence-electron chi connectivity index (χ3n) is 5.86. The van der Waals surface area contributed by atoms with E-state index in [9.17, 15) is 9.59 Å². The van der Waals surface area contributed by atoms with Crippen molar-refractivity contribution in [2.24, 2.45) is 5.92 Å². The molecule has 4 rings (SSSR count). The number of rotatable bonds is 4. The quantitative estimate of drug-likeness (QED) is 0.751. The lowest BCUT2D eigenvalue weighted by Crippen LogP contribution is -2.45. The lowest BCUT2D eigenvalue weighted by molar-refractivity contribution is -0.139. The van der Waals surface area contributed by atoms with E-state index in [0.29, 0.717) is 50.0 Å². The Bertz CT molecular complexity index is 912. The summed E-state index contributed by atoms with van der Waals surface area (Å²) in [7, 11) is 1.63. The Labute approximate surface area is 181 Å². The Balaban J connectivity index is 1.60. The number of morpholine rings is 1. The van der Waals surface area contributed by atoms with Crippen molar-refractivity contribution >= 4 is 23.4 Å². The fourth-order valence-corrected chi connectivity index (χ4v) is 4.42. The number of carbonyl (C=O) groups is 2. The number of ether oxygens (including phenoxy) is 2. The molecule has 30 heavy (non-hydrogen) atoms. The summed E-state index contributed by atoms with van der Waals surface area (Å²) >= 11 is 6.07. The van der Waals surface area contributed by atoms with Gasteiger partial charge in [-0.15, -0.1) is 0 Å². The lowest BCUT2D eigenvalue weighted by atomic mass is 9.88. The van der Waals surface area contributed by atoms with E-state index in [1.165, 1.54) is 0 Å². The van der Waals surface area contributed by atoms with Gasteiger partial charge >= 0.3 is 0 Å². The number of nitrogens with zero attached hydrogens (tertiary/aromatic N) is 2. The van der Waals surface area contributed by atoms with Crippen molar-refractivity contribution in [3.63, 3.8) is 0 Å². The molecule has 2 aromatic carbocycles. The van der Waals surface area contributed by atoms with E-state index in [1.807, 2.05) is 29.2 Å². The van der Waals surface area contributed by atoms with Crippen molar-refractivity contribution < 1.29 is 19.1 Å². The zero-order valence-electron chi connectivity index (χ0n) is 16.9. The largest absolute Gasteiger partial charge is 0.497 e. The predicted octanol–water partition coefficient (Wildman–Crippen LogP) is 3.06. The Morgan fingerprint density at radius 2 is 1.77 bits per heavy atom. The molecule has 6 nitrogen and oxygen atoms in total. The summed E-state index contributed by atoms with van der Waals surface area (Å²) < 4.78 is 10.7. The van der Waals surface area contributed by atoms with Crippen molar-refractivity contribution in [3.05, 3.63) is 64.7 Å². The molecule has 0 saturated carbocycles. The van der Waals surface area contributed by atoms with Crippen LogP contribution < -0.4 is 4.74 Å². The minimum absolute atomic E-state index is 0.0746. The van der Waals surface area contributed by atoms with Gasteiger partial charge in [0.15, 0.2) is 0 Å². The Hall–Kier alpha value is -2.57. The maximum atomic E-state index is 13.4. The van der Waals surface area contributed by atoms with Gasteiger partial charge in [0.25, 0.3) is 5.91 Å². The zero-order chi connectivity index (χ0) is 21.1. The van der Waals surface area contributed by atoms with Gasteiger partial charge in [-0.25, -0.2) is 0 Å². The average Bonchev–Trinajstić information content (AvgIpc) is 3.24. The van der Waals surface area contributed by atoms with Gasteiger partial charge in [0.2, 0.25) is 5.91 Å². The van der Waals surface area contributed by atoms with Crippen molar-refractivity contribution in [2.45, 2.75) is 5.92 Å². The molecule has 0 aromatic heterocycles. The van der Waals surface area contributed by atoms with Crippen molar-refractivity contribution in [1.82, 2.24) is 9.80 Å². The third kappa shape index (κ3) is 4.30. The van der Waals surface area contributed by atoms with Gasteiger partial charge in [0.05, 0.1) is 26.2 Å². The van der Waals surface area contributed by atoms with Gasteiger partial charge in [0.1, 0.15) is 5.75 Å². The Morgan fingerprint density at radius 3 is 2.43 bits per heavy atom. The summed E-state index contributed by atoms with van der Waals surface area (Å²) in [5.74, 6) is 0.377. The first-order chi connectivity index (χ1) is 14.6. The Morgan fingerprint density at radius 1 is 1.03 bits per heavy atom. The van der Waals surface area contributed by atoms with Gasteiger partial charge in [-0.1, -0.05) is 29.8 Å². The van der Waals surface area contributed by atoms with E-state index in [1.54, 1.807) is 36.3 Å². The molecule has 2 aliphatic heterocycles. The Kier molecular flexibility index (Phi) is 6.25. The molecule has 2 aromatic rings. The van der Waals surface area contributed by atoms with E-state index in [-0.39, 0.29) is 23.7 Å². The fraction of sp³-hybridized carbons (Fsp3) is 0.391. The van der Waals surface area contributed by atoms with Crippen LogP contribution in [0.25, 0.3) is 0 Å². The number of likely N-dealkylation sites (tertiary alicyclic amines) is 1. The summed E-state index contributed by atoms with van der Waals surface area (Å²) in [5.41, 5.74) is 1.57. The second-order valence-corrected chi connectivity index (χ2v) is 8.08. The molecule has 0 radical (unpaired) electrons. The van der Waals surface area contributed by atoms with Crippen LogP contribution in [0, 0.1) is 5.92 Å². The van der Waals surface area contributed by atoms with E-state index in [2.05, 4.69) is 0 Å². The third-order valence-corrected chi connectivity index (χ3v) is 6.10. The summed E-state index contributed by atoms with van der Waals surface area (Å²) in [6.07, 6.45) is 0. The summed E-state index contributed by atoms with van der Waals surface area (Å²) in [4.78, 5) is 30.1. The lowest BCUT2D eigenvalue weighted by Gasteiger charge is -2.30. The number of hydrogen-bond donors (Lipinski definition) is 0. The average molecular weight is 429 g/mol. The SMILES string of the molecule is COc1ccc(C2CN(C(=O)c3cccc(Cl)c3)CC2C(=O)N2CCOCC2)cc1. The number of amides is 2. The smallest absolute Gasteiger partial charge is 0.253 e. The molecule has 2 fully saturated rings. The van der Waals surface area contributed by atoms with Crippen LogP contribution in [0.15, 0.2) is 48.5 Å². The van der Waals surface area contributed by atoms with Crippen LogP contribution in [0.3, 0.4) is 0 Å². The van der Waals surface area contributed by atoms with Gasteiger partial charge in [0, 0.05) is 42.7 Å². The van der Waals surface area contributed by atoms with Crippen molar-refractivity contribution in [2.75, 3.05) is 46.5 Å². The second kappa shape index (κ2) is 9.06. The second-order valence-electron chi connectivity index (χ2n) is 7.64. The standard InChI is InChI=1S/C23H25ClN2O4/c1-29-19-7-5-16(6-8-19)20-14-26(22(27)17-3-2-4-18(24)13-17)15-21(20)23(28)25-9-11-30-12-10-25/h2-8,13,20-21H,9-12,14-15H2,1H3. The number of halogens is 1. The predicted molar refractivity (Wildman–Crippen MR) is 114 cm³/mol. The highest BCUT2D eigenvalue weighted by Gasteiger charge is 2.42. The molecule has 2 heterocycles. The summed E-state index contributed by atoms with van der Waals surface area (Å²) in [6.45, 7) is 3.16. The molecular formula is C23H25ClN2O4. The molecule has 0 aliphatic carbocycles. The normalized spacial score (nSPS) is 21.5. The highest BCUT2D eigenvalue weighted by Crippen LogP contribution is 2.36. The maximum absolute atomic E-state index is 13.4. The molecule has 2 unspecified atom stereocenters. The van der Waals surface area contributed by atoms with Crippen LogP contribution in [-0.2, 0) is 9.53 Å². The number of hydrogen-bond acceptors (Lipinski definition) is 4. The maximum Gasteiger partial charge on any atom is 0.253 e. The molecule has 0 spiro atoms. The van der Waals surface area contributed by atoms with Crippen molar-refractivity contribution in [3.8, 4) is 5.75 Å². The van der Waals surface area contributed by atoms with E-state index < -0.39 is 0 Å². The van der Waals surface area contributed by atoms with Crippen LogP contribution in [0.4, 0.5) is 0 Å². The van der Waals surface area contributed by atoms with Crippen LogP contribution >= 0.6 is 11.6 Å². The summed E-state index contributed by atoms with van der Waals surface area (Å²) in [6, 6.07) is 14.7. The van der Waals surface area contributed by atoms with E-state index in [0.717, 1.165) is 11.3 Å². The molecular weight excluding hydrogens is 404 g/mol. The molecule has 2 saturated heterocycles. The monoisotopic (exact) mass is 428 g/mol. The van der Waals surface area contributed by atoms with Crippen LogP contribution in [0.1, 0.15) is 21.8 Å². The minimum Gasteiger partial charge on any atom is -0.497 e. The van der Waals surface area contributed by atoms with Crippen LogP contribution in [0.2, 0.25) is 5.02 Å².